The molecule has 3 heterocycles. The van der Waals surface area contributed by atoms with Crippen molar-refractivity contribution in [3.63, 3.8) is 0 Å². The summed E-state index contributed by atoms with van der Waals surface area (Å²) >= 11 is 0. The van der Waals surface area contributed by atoms with Gasteiger partial charge in [-0.15, -0.1) is 0 Å². The molecule has 0 aromatic carbocycles. The molecule has 156 valence electrons. The summed E-state index contributed by atoms with van der Waals surface area (Å²) in [5.74, 6) is 0.349. The molecule has 3 rings (SSSR count). The van der Waals surface area contributed by atoms with Gasteiger partial charge in [0.1, 0.15) is 6.33 Å². The second-order valence-corrected chi connectivity index (χ2v) is 9.74. The number of nitrogens with one attached hydrogen (secondary N) is 1. The Morgan fingerprint density at radius 1 is 1.07 bits per heavy atom. The molecule has 8 heteroatoms. The van der Waals surface area contributed by atoms with Crippen molar-refractivity contribution in [2.24, 2.45) is 0 Å². The van der Waals surface area contributed by atoms with Crippen LogP contribution in [0.4, 0.5) is 5.95 Å². The zero-order chi connectivity index (χ0) is 21.7. The Balaban J connectivity index is 2.17. The van der Waals surface area contributed by atoms with Gasteiger partial charge in [0.05, 0.1) is 27.7 Å². The van der Waals surface area contributed by atoms with Gasteiger partial charge in [-0.25, -0.2) is 14.3 Å². The van der Waals surface area contributed by atoms with Crippen LogP contribution >= 0.6 is 0 Å². The van der Waals surface area contributed by atoms with Crippen LogP contribution in [0.5, 0.6) is 0 Å². The summed E-state index contributed by atoms with van der Waals surface area (Å²) in [4.78, 5) is 22.4. The fraction of sp³-hybridized carbons (Fsp3) is 0.571. The van der Waals surface area contributed by atoms with Crippen molar-refractivity contribution in [3.8, 4) is 0 Å². The number of carbonyl (C=O) groups is 1. The monoisotopic (exact) mass is 397 g/mol. The quantitative estimate of drug-likeness (QED) is 0.715. The number of hydrogen-bond acceptors (Lipinski definition) is 5. The molecule has 3 aromatic rings. The van der Waals surface area contributed by atoms with Crippen molar-refractivity contribution in [1.29, 1.82) is 0 Å². The van der Waals surface area contributed by atoms with E-state index in [4.69, 9.17) is 10.1 Å². The Bertz CT molecular complexity index is 1060. The highest BCUT2D eigenvalue weighted by atomic mass is 16.1. The molecule has 1 N–H and O–H groups in total. The van der Waals surface area contributed by atoms with E-state index in [1.807, 2.05) is 38.4 Å². The van der Waals surface area contributed by atoms with Crippen molar-refractivity contribution < 1.29 is 4.79 Å². The predicted molar refractivity (Wildman–Crippen MR) is 114 cm³/mol. The van der Waals surface area contributed by atoms with Gasteiger partial charge >= 0.3 is 0 Å². The number of aromatic nitrogens is 6. The summed E-state index contributed by atoms with van der Waals surface area (Å²) in [5.41, 5.74) is 2.35. The van der Waals surface area contributed by atoms with Crippen LogP contribution in [0.25, 0.3) is 11.0 Å². The van der Waals surface area contributed by atoms with E-state index in [1.54, 1.807) is 4.68 Å². The van der Waals surface area contributed by atoms with E-state index in [0.29, 0.717) is 11.5 Å². The lowest BCUT2D eigenvalue weighted by atomic mass is 10.0. The zero-order valence-corrected chi connectivity index (χ0v) is 18.8. The molecule has 0 spiro atoms. The maximum Gasteiger partial charge on any atom is 0.258 e. The lowest BCUT2D eigenvalue weighted by Crippen LogP contribution is -2.27. The fourth-order valence-corrected chi connectivity index (χ4v) is 3.24. The molecular weight excluding hydrogens is 366 g/mol. The molecule has 1 amide bonds. The normalized spacial score (nSPS) is 12.8. The Morgan fingerprint density at radius 2 is 1.69 bits per heavy atom. The highest BCUT2D eigenvalue weighted by Gasteiger charge is 2.26. The summed E-state index contributed by atoms with van der Waals surface area (Å²) in [6, 6.07) is 1.86. The first kappa shape index (κ1) is 21.0. The summed E-state index contributed by atoms with van der Waals surface area (Å²) in [6.07, 6.45) is 1.45. The Morgan fingerprint density at radius 3 is 2.24 bits per heavy atom. The second-order valence-electron chi connectivity index (χ2n) is 9.74. The lowest BCUT2D eigenvalue weighted by molar-refractivity contribution is 0.102. The Labute approximate surface area is 171 Å². The minimum absolute atomic E-state index is 0.174. The maximum absolute atomic E-state index is 13.3. The summed E-state index contributed by atoms with van der Waals surface area (Å²) in [6.45, 7) is 18.3. The third-order valence-corrected chi connectivity index (χ3v) is 4.71. The number of hydrogen-bond donors (Lipinski definition) is 1. The van der Waals surface area contributed by atoms with E-state index in [9.17, 15) is 4.79 Å². The highest BCUT2D eigenvalue weighted by molar-refractivity contribution is 6.12. The fourth-order valence-electron chi connectivity index (χ4n) is 3.24. The molecular formula is C21H31N7O. The average molecular weight is 398 g/mol. The first-order valence-electron chi connectivity index (χ1n) is 9.93. The van der Waals surface area contributed by atoms with Crippen molar-refractivity contribution >= 4 is 22.9 Å². The molecule has 29 heavy (non-hydrogen) atoms. The largest absolute Gasteiger partial charge is 0.291 e. The van der Waals surface area contributed by atoms with Crippen LogP contribution in [0, 0.1) is 6.92 Å². The number of carbonyl (C=O) groups excluding carboxylic acids is 1. The number of amides is 1. The predicted octanol–water partition coefficient (Wildman–Crippen LogP) is 4.22. The molecule has 0 aliphatic carbocycles. The van der Waals surface area contributed by atoms with Crippen LogP contribution in [-0.4, -0.2) is 35.4 Å². The van der Waals surface area contributed by atoms with Gasteiger partial charge in [-0.1, -0.05) is 13.8 Å². The molecule has 0 saturated carbocycles. The van der Waals surface area contributed by atoms with Gasteiger partial charge in [-0.2, -0.15) is 15.2 Å². The number of aryl methyl sites for hydroxylation is 1. The molecule has 0 aliphatic heterocycles. The second kappa shape index (κ2) is 6.93. The molecule has 8 nitrogen and oxygen atoms in total. The number of nitrogens with zero attached hydrogens (tertiary/aromatic N) is 6. The lowest BCUT2D eigenvalue weighted by Gasteiger charge is -2.21. The van der Waals surface area contributed by atoms with Gasteiger partial charge in [0.2, 0.25) is 5.95 Å². The van der Waals surface area contributed by atoms with E-state index in [1.165, 1.54) is 6.33 Å². The number of rotatable bonds is 3. The van der Waals surface area contributed by atoms with Crippen molar-refractivity contribution in [1.82, 2.24) is 29.5 Å². The van der Waals surface area contributed by atoms with Crippen LogP contribution in [-0.2, 0) is 11.1 Å². The summed E-state index contributed by atoms with van der Waals surface area (Å²) in [5, 5.41) is 12.7. The molecule has 0 fully saturated rings. The smallest absolute Gasteiger partial charge is 0.258 e. The third-order valence-electron chi connectivity index (χ3n) is 4.71. The van der Waals surface area contributed by atoms with Crippen LogP contribution in [0.1, 0.15) is 83.1 Å². The van der Waals surface area contributed by atoms with Gasteiger partial charge in [0.15, 0.2) is 5.65 Å². The topological polar surface area (TPSA) is 90.5 Å². The minimum Gasteiger partial charge on any atom is -0.291 e. The van der Waals surface area contributed by atoms with Crippen LogP contribution < -0.4 is 5.32 Å². The molecule has 3 aromatic heterocycles. The molecule has 0 bridgehead atoms. The number of pyridine rings is 1. The Hall–Kier alpha value is -2.77. The molecule has 0 atom stereocenters. The molecule has 0 saturated heterocycles. The maximum atomic E-state index is 13.3. The van der Waals surface area contributed by atoms with Crippen molar-refractivity contribution in [2.75, 3.05) is 5.32 Å². The van der Waals surface area contributed by atoms with E-state index in [-0.39, 0.29) is 22.9 Å². The van der Waals surface area contributed by atoms with E-state index < -0.39 is 0 Å². The minimum atomic E-state index is -0.303. The van der Waals surface area contributed by atoms with Crippen molar-refractivity contribution in [3.05, 3.63) is 29.3 Å². The Kier molecular flexibility index (Phi) is 5.01. The van der Waals surface area contributed by atoms with E-state index in [2.05, 4.69) is 50.0 Å². The van der Waals surface area contributed by atoms with E-state index >= 15 is 0 Å². The molecule has 0 radical (unpaired) electrons. The van der Waals surface area contributed by atoms with Crippen LogP contribution in [0.2, 0.25) is 0 Å². The van der Waals surface area contributed by atoms with Gasteiger partial charge in [0, 0.05) is 5.69 Å². The SMILES string of the molecule is Cc1nn(C(C)(C)C)c2nc(C(C)C)cc(C(=O)Nc3ncnn3C(C)(C)C)c12. The van der Waals surface area contributed by atoms with E-state index in [0.717, 1.165) is 22.4 Å². The number of anilines is 1. The summed E-state index contributed by atoms with van der Waals surface area (Å²) in [7, 11) is 0. The zero-order valence-electron chi connectivity index (χ0n) is 18.8. The van der Waals surface area contributed by atoms with Gasteiger partial charge in [0.25, 0.3) is 5.91 Å². The summed E-state index contributed by atoms with van der Waals surface area (Å²) < 4.78 is 3.61. The van der Waals surface area contributed by atoms with Crippen LogP contribution in [0.15, 0.2) is 12.4 Å². The van der Waals surface area contributed by atoms with Gasteiger partial charge in [-0.3, -0.25) is 10.1 Å². The first-order valence-corrected chi connectivity index (χ1v) is 9.93. The van der Waals surface area contributed by atoms with Crippen LogP contribution in [0.3, 0.4) is 0 Å². The highest BCUT2D eigenvalue weighted by Crippen LogP contribution is 2.29. The average Bonchev–Trinajstić information content (AvgIpc) is 3.18. The molecule has 0 aliphatic rings. The number of fused-ring (bicyclic) bond motifs is 1. The molecule has 0 unspecified atom stereocenters. The first-order chi connectivity index (χ1) is 13.3. The third kappa shape index (κ3) is 3.88. The van der Waals surface area contributed by atoms with Gasteiger partial charge < -0.3 is 0 Å². The standard InChI is InChI=1S/C21H31N7O/c1-12(2)15-10-14(16-13(3)26-27(17(16)24-15)20(4,5)6)18(29)25-19-22-11-23-28(19)21(7,8)9/h10-12H,1-9H3,(H,22,23,25,29). The van der Waals surface area contributed by atoms with Gasteiger partial charge in [-0.05, 0) is 60.5 Å². The van der Waals surface area contributed by atoms with Crippen molar-refractivity contribution in [2.45, 2.75) is 79.3 Å².